The molecule has 0 radical (unpaired) electrons. The summed E-state index contributed by atoms with van der Waals surface area (Å²) in [5.41, 5.74) is 3.39. The fourth-order valence-corrected chi connectivity index (χ4v) is 5.61. The van der Waals surface area contributed by atoms with Crippen molar-refractivity contribution >= 4 is 19.7 Å². The van der Waals surface area contributed by atoms with Crippen molar-refractivity contribution in [2.75, 3.05) is 0 Å². The lowest BCUT2D eigenvalue weighted by Crippen LogP contribution is -2.24. The number of carbonyl (C=O) groups excluding carboxylic acids is 1. The highest BCUT2D eigenvalue weighted by molar-refractivity contribution is 7.48. The topological polar surface area (TPSA) is 37.3 Å². The summed E-state index contributed by atoms with van der Waals surface area (Å²) in [6, 6.07) is 8.71. The molecule has 0 spiro atoms. The van der Waals surface area contributed by atoms with E-state index in [1.54, 1.807) is 6.07 Å². The van der Waals surface area contributed by atoms with E-state index in [9.17, 15) is 14.3 Å². The fourth-order valence-electron chi connectivity index (χ4n) is 3.84. The molecule has 0 aliphatic rings. The Hall–Kier alpha value is -1.73. The highest BCUT2D eigenvalue weighted by Crippen LogP contribution is 2.50. The summed E-state index contributed by atoms with van der Waals surface area (Å²) in [6.07, 6.45) is 4.16. The second kappa shape index (κ2) is 9.60. The summed E-state index contributed by atoms with van der Waals surface area (Å²) >= 11 is 0. The predicted octanol–water partition coefficient (Wildman–Crippen LogP) is 7.14. The number of benzene rings is 2. The lowest BCUT2D eigenvalue weighted by Gasteiger charge is -2.34. The number of Topliss-reactive ketones (excluding diaryl/α,β-unsaturated/α-hetero) is 1. The summed E-state index contributed by atoms with van der Waals surface area (Å²) in [5.74, 6) is -0.187. The first-order valence-corrected chi connectivity index (χ1v) is 11.8. The minimum absolute atomic E-state index is 0.0406. The summed E-state index contributed by atoms with van der Waals surface area (Å²) in [7, 11) is 0.250. The van der Waals surface area contributed by atoms with Gasteiger partial charge in [0.2, 0.25) is 0 Å². The largest absolute Gasteiger partial charge is 0.507 e. The van der Waals surface area contributed by atoms with Crippen LogP contribution in [0.2, 0.25) is 0 Å². The van der Waals surface area contributed by atoms with Crippen LogP contribution in [-0.2, 0) is 10.6 Å². The molecule has 4 heteroatoms. The number of ketones is 1. The first-order chi connectivity index (χ1) is 13.9. The van der Waals surface area contributed by atoms with Gasteiger partial charge in [-0.2, -0.15) is 0 Å². The van der Waals surface area contributed by atoms with Gasteiger partial charge in [0.15, 0.2) is 5.78 Å². The number of unbranched alkanes of at least 4 members (excludes halogenated alkanes) is 2. The standard InChI is InChI=1S/C26H36FO2P/c1-8-9-10-13-26(7,30-23-12-11-20(27)16-21(23)18(3)28)22-15-19(25(4,5)6)14-17(2)24(22)29/h11-12,14-16,29-30H,8-10,13H2,1-7H3. The van der Waals surface area contributed by atoms with Crippen molar-refractivity contribution in [1.29, 1.82) is 0 Å². The highest BCUT2D eigenvalue weighted by Gasteiger charge is 2.33. The van der Waals surface area contributed by atoms with Crippen LogP contribution in [0, 0.1) is 12.7 Å². The third-order valence-corrected chi connectivity index (χ3v) is 7.59. The fraction of sp³-hybridized carbons (Fsp3) is 0.500. The highest BCUT2D eigenvalue weighted by atomic mass is 31.1. The first-order valence-electron chi connectivity index (χ1n) is 10.8. The molecule has 0 bridgehead atoms. The normalized spacial score (nSPS) is 14.3. The van der Waals surface area contributed by atoms with Gasteiger partial charge in [-0.1, -0.05) is 80.7 Å². The van der Waals surface area contributed by atoms with Crippen LogP contribution in [0.5, 0.6) is 5.75 Å². The number of hydrogen-bond acceptors (Lipinski definition) is 2. The third-order valence-electron chi connectivity index (χ3n) is 5.81. The summed E-state index contributed by atoms with van der Waals surface area (Å²) < 4.78 is 13.8. The maximum absolute atomic E-state index is 13.8. The molecular formula is C26H36FO2P. The molecule has 1 N–H and O–H groups in total. The van der Waals surface area contributed by atoms with Crippen molar-refractivity contribution in [3.8, 4) is 5.75 Å². The van der Waals surface area contributed by atoms with E-state index < -0.39 is 5.82 Å². The SMILES string of the molecule is CCCCCC(C)(Pc1ccc(F)cc1C(C)=O)c1cc(C(C)(C)C)cc(C)c1O. The number of aryl methyl sites for hydroxylation is 1. The quantitative estimate of drug-likeness (QED) is 0.275. The molecule has 2 atom stereocenters. The predicted molar refractivity (Wildman–Crippen MR) is 127 cm³/mol. The number of carbonyl (C=O) groups is 1. The number of halogens is 1. The van der Waals surface area contributed by atoms with Crippen molar-refractivity contribution in [3.05, 3.63) is 58.4 Å². The van der Waals surface area contributed by atoms with E-state index in [4.69, 9.17) is 0 Å². The monoisotopic (exact) mass is 430 g/mol. The Labute approximate surface area is 183 Å². The molecule has 0 saturated carbocycles. The van der Waals surface area contributed by atoms with Gasteiger partial charge in [0.25, 0.3) is 0 Å². The van der Waals surface area contributed by atoms with Crippen molar-refractivity contribution in [3.63, 3.8) is 0 Å². The second-order valence-electron chi connectivity index (χ2n) is 9.60. The minimum atomic E-state index is -0.394. The van der Waals surface area contributed by atoms with E-state index in [1.807, 2.05) is 6.92 Å². The van der Waals surface area contributed by atoms with Crippen LogP contribution < -0.4 is 5.30 Å². The molecule has 0 fully saturated rings. The van der Waals surface area contributed by atoms with Gasteiger partial charge >= 0.3 is 0 Å². The molecule has 164 valence electrons. The number of phenols is 1. The molecule has 0 saturated heterocycles. The van der Waals surface area contributed by atoms with Crippen LogP contribution in [0.1, 0.15) is 94.3 Å². The first kappa shape index (κ1) is 24.5. The Morgan fingerprint density at radius 3 is 2.33 bits per heavy atom. The van der Waals surface area contributed by atoms with Crippen molar-refractivity contribution in [1.82, 2.24) is 0 Å². The Balaban J connectivity index is 2.64. The zero-order valence-electron chi connectivity index (χ0n) is 19.4. The zero-order valence-corrected chi connectivity index (χ0v) is 20.4. The van der Waals surface area contributed by atoms with Gasteiger partial charge in [-0.05, 0) is 54.2 Å². The zero-order chi connectivity index (χ0) is 22.7. The number of rotatable bonds is 8. The van der Waals surface area contributed by atoms with E-state index >= 15 is 0 Å². The van der Waals surface area contributed by atoms with Gasteiger partial charge < -0.3 is 5.11 Å². The molecule has 0 heterocycles. The maximum atomic E-state index is 13.8. The number of phenolic OH excluding ortho intramolecular Hbond substituents is 1. The summed E-state index contributed by atoms with van der Waals surface area (Å²) in [4.78, 5) is 12.2. The Morgan fingerprint density at radius 1 is 1.10 bits per heavy atom. The van der Waals surface area contributed by atoms with E-state index in [-0.39, 0.29) is 24.9 Å². The number of aromatic hydroxyl groups is 1. The van der Waals surface area contributed by atoms with Gasteiger partial charge in [-0.25, -0.2) is 4.39 Å². The van der Waals surface area contributed by atoms with Gasteiger partial charge in [-0.15, -0.1) is 0 Å². The molecule has 2 aromatic rings. The van der Waals surface area contributed by atoms with Crippen LogP contribution >= 0.6 is 8.58 Å². The van der Waals surface area contributed by atoms with E-state index in [0.717, 1.165) is 42.1 Å². The Kier molecular flexibility index (Phi) is 7.85. The molecule has 0 amide bonds. The van der Waals surface area contributed by atoms with Crippen LogP contribution in [0.15, 0.2) is 30.3 Å². The minimum Gasteiger partial charge on any atom is -0.507 e. The van der Waals surface area contributed by atoms with Crippen molar-refractivity contribution in [2.45, 2.75) is 84.7 Å². The third kappa shape index (κ3) is 5.70. The lowest BCUT2D eigenvalue weighted by atomic mass is 9.82. The van der Waals surface area contributed by atoms with Crippen LogP contribution in [0.4, 0.5) is 4.39 Å². The van der Waals surface area contributed by atoms with Crippen molar-refractivity contribution < 1.29 is 14.3 Å². The van der Waals surface area contributed by atoms with Gasteiger partial charge in [0.1, 0.15) is 11.6 Å². The smallest absolute Gasteiger partial charge is 0.160 e. The molecular weight excluding hydrogens is 394 g/mol. The van der Waals surface area contributed by atoms with Crippen molar-refractivity contribution in [2.24, 2.45) is 0 Å². The molecule has 2 unspecified atom stereocenters. The average Bonchev–Trinajstić information content (AvgIpc) is 2.64. The maximum Gasteiger partial charge on any atom is 0.160 e. The van der Waals surface area contributed by atoms with Gasteiger partial charge in [-0.3, -0.25) is 4.79 Å². The average molecular weight is 431 g/mol. The van der Waals surface area contributed by atoms with E-state index in [0.29, 0.717) is 11.3 Å². The molecule has 0 aliphatic heterocycles. The summed E-state index contributed by atoms with van der Waals surface area (Å²) in [5, 5.41) is 11.6. The van der Waals surface area contributed by atoms with E-state index in [1.165, 1.54) is 24.6 Å². The Bertz CT molecular complexity index is 914. The molecule has 30 heavy (non-hydrogen) atoms. The van der Waals surface area contributed by atoms with Crippen LogP contribution in [0.25, 0.3) is 0 Å². The van der Waals surface area contributed by atoms with Crippen LogP contribution in [-0.4, -0.2) is 10.9 Å². The lowest BCUT2D eigenvalue weighted by molar-refractivity contribution is 0.101. The Morgan fingerprint density at radius 2 is 1.77 bits per heavy atom. The second-order valence-corrected chi connectivity index (χ2v) is 11.5. The molecule has 2 nitrogen and oxygen atoms in total. The van der Waals surface area contributed by atoms with E-state index in [2.05, 4.69) is 46.8 Å². The molecule has 2 rings (SSSR count). The molecule has 2 aromatic carbocycles. The molecule has 0 aliphatic carbocycles. The van der Waals surface area contributed by atoms with Gasteiger partial charge in [0.05, 0.1) is 0 Å². The summed E-state index contributed by atoms with van der Waals surface area (Å²) in [6.45, 7) is 14.3. The van der Waals surface area contributed by atoms with Crippen LogP contribution in [0.3, 0.4) is 0 Å². The molecule has 0 aromatic heterocycles. The van der Waals surface area contributed by atoms with Gasteiger partial charge in [0, 0.05) is 16.3 Å². The number of hydrogen-bond donors (Lipinski definition) is 1.